The Morgan fingerprint density at radius 3 is 2.92 bits per heavy atom. The van der Waals surface area contributed by atoms with E-state index in [0.29, 0.717) is 46.7 Å². The van der Waals surface area contributed by atoms with Crippen LogP contribution in [0.15, 0.2) is 36.4 Å². The zero-order chi connectivity index (χ0) is 17.6. The fourth-order valence-corrected chi connectivity index (χ4v) is 3.43. The van der Waals surface area contributed by atoms with Crippen LogP contribution in [-0.2, 0) is 10.5 Å². The number of halogens is 1. The molecular formula is C18H15ClN2O3S. The van der Waals surface area contributed by atoms with Crippen molar-refractivity contribution in [2.45, 2.75) is 5.75 Å². The second-order valence-corrected chi connectivity index (χ2v) is 6.69. The largest absolute Gasteiger partial charge is 0.486 e. The molecular weight excluding hydrogens is 360 g/mol. The quantitative estimate of drug-likeness (QED) is 0.860. The summed E-state index contributed by atoms with van der Waals surface area (Å²) in [7, 11) is 0. The summed E-state index contributed by atoms with van der Waals surface area (Å²) in [6.07, 6.45) is 0. The molecule has 0 saturated heterocycles. The van der Waals surface area contributed by atoms with Gasteiger partial charge in [0.25, 0.3) is 0 Å². The van der Waals surface area contributed by atoms with E-state index in [-0.39, 0.29) is 11.7 Å². The van der Waals surface area contributed by atoms with Gasteiger partial charge in [-0.3, -0.25) is 4.79 Å². The average Bonchev–Trinajstić information content (AvgIpc) is 2.62. The number of rotatable bonds is 5. The number of amides is 1. The number of para-hydroxylation sites is 1. The van der Waals surface area contributed by atoms with E-state index in [1.165, 1.54) is 11.8 Å². The maximum absolute atomic E-state index is 12.1. The summed E-state index contributed by atoms with van der Waals surface area (Å²) in [5.74, 6) is 1.95. The number of benzene rings is 2. The van der Waals surface area contributed by atoms with Crippen molar-refractivity contribution in [3.8, 4) is 17.6 Å². The zero-order valence-corrected chi connectivity index (χ0v) is 14.8. The fraction of sp³-hybridized carbons (Fsp3) is 0.222. The van der Waals surface area contributed by atoms with E-state index in [0.717, 1.165) is 5.56 Å². The van der Waals surface area contributed by atoms with Crippen molar-refractivity contribution < 1.29 is 14.3 Å². The summed E-state index contributed by atoms with van der Waals surface area (Å²) in [6, 6.07) is 12.7. The van der Waals surface area contributed by atoms with E-state index in [1.807, 2.05) is 12.1 Å². The summed E-state index contributed by atoms with van der Waals surface area (Å²) in [5, 5.41) is 12.3. The summed E-state index contributed by atoms with van der Waals surface area (Å²) < 4.78 is 11.0. The van der Waals surface area contributed by atoms with Crippen LogP contribution in [0.3, 0.4) is 0 Å². The van der Waals surface area contributed by atoms with Crippen LogP contribution >= 0.6 is 23.4 Å². The molecule has 0 atom stereocenters. The molecule has 0 unspecified atom stereocenters. The number of carbonyl (C=O) groups excluding carboxylic acids is 1. The van der Waals surface area contributed by atoms with Crippen LogP contribution in [0.4, 0.5) is 5.69 Å². The van der Waals surface area contributed by atoms with Gasteiger partial charge in [0.1, 0.15) is 19.3 Å². The van der Waals surface area contributed by atoms with Crippen LogP contribution in [0.2, 0.25) is 5.02 Å². The number of thioether (sulfide) groups is 1. The van der Waals surface area contributed by atoms with Gasteiger partial charge in [0.2, 0.25) is 5.91 Å². The number of hydrogen-bond acceptors (Lipinski definition) is 5. The van der Waals surface area contributed by atoms with Gasteiger partial charge >= 0.3 is 0 Å². The number of nitrogens with one attached hydrogen (secondary N) is 1. The number of carbonyl (C=O) groups is 1. The molecule has 5 nitrogen and oxygen atoms in total. The second kappa shape index (κ2) is 8.15. The molecule has 0 aliphatic carbocycles. The van der Waals surface area contributed by atoms with E-state index in [2.05, 4.69) is 11.4 Å². The van der Waals surface area contributed by atoms with Crippen molar-refractivity contribution in [1.29, 1.82) is 5.26 Å². The van der Waals surface area contributed by atoms with Crippen molar-refractivity contribution >= 4 is 35.0 Å². The molecule has 1 N–H and O–H groups in total. The molecule has 1 heterocycles. The third-order valence-corrected chi connectivity index (χ3v) is 4.76. The number of nitriles is 1. The Bertz CT molecular complexity index is 836. The lowest BCUT2D eigenvalue weighted by atomic mass is 10.2. The van der Waals surface area contributed by atoms with E-state index in [9.17, 15) is 4.79 Å². The van der Waals surface area contributed by atoms with Crippen LogP contribution in [0.5, 0.6) is 11.5 Å². The first-order chi connectivity index (χ1) is 12.2. The normalized spacial score (nSPS) is 12.3. The molecule has 1 aliphatic rings. The molecule has 1 amide bonds. The standard InChI is InChI=1S/C18H15ClN2O3S/c19-14-7-12(8-16-18(14)24-6-5-23-16)10-25-11-17(22)21-15-4-2-1-3-13(15)9-20/h1-4,7-8H,5-6,10-11H2,(H,21,22). The maximum Gasteiger partial charge on any atom is 0.234 e. The minimum absolute atomic E-state index is 0.156. The average molecular weight is 375 g/mol. The lowest BCUT2D eigenvalue weighted by Gasteiger charge is -2.20. The van der Waals surface area contributed by atoms with Crippen LogP contribution in [0.1, 0.15) is 11.1 Å². The van der Waals surface area contributed by atoms with E-state index < -0.39 is 0 Å². The zero-order valence-electron chi connectivity index (χ0n) is 13.3. The summed E-state index contributed by atoms with van der Waals surface area (Å²) in [5.41, 5.74) is 1.93. The van der Waals surface area contributed by atoms with Gasteiger partial charge in [-0.15, -0.1) is 11.8 Å². The van der Waals surface area contributed by atoms with Gasteiger partial charge in [-0.25, -0.2) is 0 Å². The first-order valence-corrected chi connectivity index (χ1v) is 9.15. The van der Waals surface area contributed by atoms with Gasteiger partial charge in [-0.05, 0) is 29.8 Å². The molecule has 0 saturated carbocycles. The second-order valence-electron chi connectivity index (χ2n) is 5.30. The Morgan fingerprint density at radius 2 is 2.08 bits per heavy atom. The van der Waals surface area contributed by atoms with Crippen LogP contribution in [0, 0.1) is 11.3 Å². The molecule has 0 fully saturated rings. The molecule has 0 bridgehead atoms. The Balaban J connectivity index is 1.55. The van der Waals surface area contributed by atoms with Gasteiger partial charge in [-0.2, -0.15) is 5.26 Å². The molecule has 0 radical (unpaired) electrons. The van der Waals surface area contributed by atoms with Crippen LogP contribution in [0.25, 0.3) is 0 Å². The Labute approximate surface area is 154 Å². The topological polar surface area (TPSA) is 71.4 Å². The Kier molecular flexibility index (Phi) is 5.69. The van der Waals surface area contributed by atoms with E-state index >= 15 is 0 Å². The van der Waals surface area contributed by atoms with Gasteiger partial charge in [0, 0.05) is 5.75 Å². The van der Waals surface area contributed by atoms with Gasteiger partial charge < -0.3 is 14.8 Å². The summed E-state index contributed by atoms with van der Waals surface area (Å²) in [6.45, 7) is 0.992. The fourth-order valence-electron chi connectivity index (χ4n) is 2.39. The lowest BCUT2D eigenvalue weighted by Crippen LogP contribution is -2.16. The SMILES string of the molecule is N#Cc1ccccc1NC(=O)CSCc1cc(Cl)c2c(c1)OCCO2. The first-order valence-electron chi connectivity index (χ1n) is 7.62. The molecule has 2 aromatic rings. The lowest BCUT2D eigenvalue weighted by molar-refractivity contribution is -0.113. The molecule has 2 aromatic carbocycles. The van der Waals surface area contributed by atoms with Crippen LogP contribution < -0.4 is 14.8 Å². The Morgan fingerprint density at radius 1 is 1.28 bits per heavy atom. The number of nitrogens with zero attached hydrogens (tertiary/aromatic N) is 1. The van der Waals surface area contributed by atoms with E-state index in [1.54, 1.807) is 24.3 Å². The smallest absolute Gasteiger partial charge is 0.234 e. The van der Waals surface area contributed by atoms with E-state index in [4.69, 9.17) is 26.3 Å². The van der Waals surface area contributed by atoms with Crippen molar-refractivity contribution in [3.63, 3.8) is 0 Å². The van der Waals surface area contributed by atoms with Crippen molar-refractivity contribution in [2.24, 2.45) is 0 Å². The van der Waals surface area contributed by atoms with Crippen molar-refractivity contribution in [2.75, 3.05) is 24.3 Å². The molecule has 7 heteroatoms. The van der Waals surface area contributed by atoms with Gasteiger partial charge in [0.15, 0.2) is 11.5 Å². The number of hydrogen-bond donors (Lipinski definition) is 1. The van der Waals surface area contributed by atoms with Crippen molar-refractivity contribution in [3.05, 3.63) is 52.5 Å². The minimum Gasteiger partial charge on any atom is -0.486 e. The highest BCUT2D eigenvalue weighted by Gasteiger charge is 2.16. The Hall–Kier alpha value is -2.36. The minimum atomic E-state index is -0.156. The maximum atomic E-state index is 12.1. The molecule has 1 aliphatic heterocycles. The highest BCUT2D eigenvalue weighted by atomic mass is 35.5. The third kappa shape index (κ3) is 4.38. The molecule has 25 heavy (non-hydrogen) atoms. The summed E-state index contributed by atoms with van der Waals surface area (Å²) in [4.78, 5) is 12.1. The highest BCUT2D eigenvalue weighted by Crippen LogP contribution is 2.39. The number of fused-ring (bicyclic) bond motifs is 1. The number of ether oxygens (including phenoxy) is 2. The highest BCUT2D eigenvalue weighted by molar-refractivity contribution is 7.99. The molecule has 128 valence electrons. The predicted molar refractivity (Wildman–Crippen MR) is 98.4 cm³/mol. The van der Waals surface area contributed by atoms with Crippen LogP contribution in [-0.4, -0.2) is 24.9 Å². The third-order valence-electron chi connectivity index (χ3n) is 3.48. The molecule has 0 aromatic heterocycles. The van der Waals surface area contributed by atoms with Gasteiger partial charge in [0.05, 0.1) is 22.0 Å². The molecule has 3 rings (SSSR count). The number of anilines is 1. The predicted octanol–water partition coefficient (Wildman–Crippen LogP) is 3.85. The monoisotopic (exact) mass is 374 g/mol. The van der Waals surface area contributed by atoms with Gasteiger partial charge in [-0.1, -0.05) is 23.7 Å². The summed E-state index contributed by atoms with van der Waals surface area (Å²) >= 11 is 7.66. The van der Waals surface area contributed by atoms with Crippen molar-refractivity contribution in [1.82, 2.24) is 0 Å². The first kappa shape index (κ1) is 17.5. The molecule has 0 spiro atoms.